The van der Waals surface area contributed by atoms with Gasteiger partial charge in [-0.3, -0.25) is 4.98 Å². The van der Waals surface area contributed by atoms with E-state index in [1.807, 2.05) is 0 Å². The van der Waals surface area contributed by atoms with Gasteiger partial charge in [0, 0.05) is 18.7 Å². The van der Waals surface area contributed by atoms with Gasteiger partial charge in [0.15, 0.2) is 0 Å². The van der Waals surface area contributed by atoms with Crippen LogP contribution in [-0.2, 0) is 4.74 Å². The maximum absolute atomic E-state index is 12.9. The van der Waals surface area contributed by atoms with Gasteiger partial charge in [-0.1, -0.05) is 6.92 Å². The first-order chi connectivity index (χ1) is 9.00. The Morgan fingerprint density at radius 3 is 2.89 bits per heavy atom. The van der Waals surface area contributed by atoms with Crippen LogP contribution in [0.25, 0.3) is 0 Å². The molecule has 1 fully saturated rings. The molecule has 0 amide bonds. The maximum atomic E-state index is 12.9. The lowest BCUT2D eigenvalue weighted by Crippen LogP contribution is -2.44. The van der Waals surface area contributed by atoms with Gasteiger partial charge >= 0.3 is 0 Å². The van der Waals surface area contributed by atoms with Crippen LogP contribution in [0.1, 0.15) is 51.8 Å². The minimum Gasteiger partial charge on any atom is -0.375 e. The summed E-state index contributed by atoms with van der Waals surface area (Å²) in [5.74, 6) is -0.286. The summed E-state index contributed by atoms with van der Waals surface area (Å²) >= 11 is 0. The van der Waals surface area contributed by atoms with E-state index in [1.165, 1.54) is 12.3 Å². The van der Waals surface area contributed by atoms with Crippen LogP contribution in [0.5, 0.6) is 0 Å². The number of rotatable bonds is 4. The Morgan fingerprint density at radius 1 is 1.53 bits per heavy atom. The highest BCUT2D eigenvalue weighted by molar-refractivity contribution is 5.10. The Hall–Kier alpha value is -1.00. The molecule has 2 atom stereocenters. The zero-order chi connectivity index (χ0) is 13.9. The first-order valence-corrected chi connectivity index (χ1v) is 7.01. The third-order valence-corrected chi connectivity index (χ3v) is 3.65. The number of hydrogen-bond donors (Lipinski definition) is 1. The Labute approximate surface area is 114 Å². The molecule has 4 heteroatoms. The van der Waals surface area contributed by atoms with E-state index >= 15 is 0 Å². The average molecular weight is 266 g/mol. The highest BCUT2D eigenvalue weighted by Gasteiger charge is 2.30. The molecule has 0 spiro atoms. The molecule has 1 aromatic heterocycles. The fourth-order valence-electron chi connectivity index (χ4n) is 2.66. The number of nitrogens with one attached hydrogen (secondary N) is 1. The summed E-state index contributed by atoms with van der Waals surface area (Å²) in [4.78, 5) is 4.18. The Morgan fingerprint density at radius 2 is 2.32 bits per heavy atom. The lowest BCUT2D eigenvalue weighted by Gasteiger charge is -2.37. The molecule has 0 saturated carbocycles. The molecule has 1 N–H and O–H groups in total. The van der Waals surface area contributed by atoms with Gasteiger partial charge in [0.2, 0.25) is 0 Å². The minimum atomic E-state index is -0.286. The third-order valence-electron chi connectivity index (χ3n) is 3.65. The van der Waals surface area contributed by atoms with Crippen molar-refractivity contribution in [2.24, 2.45) is 0 Å². The highest BCUT2D eigenvalue weighted by atomic mass is 19.1. The van der Waals surface area contributed by atoms with Crippen molar-refractivity contribution in [3.8, 4) is 0 Å². The van der Waals surface area contributed by atoms with E-state index in [0.717, 1.165) is 31.6 Å². The SMILES string of the molecule is CCC(NC1CCOC(C)(C)C1)c1ccc(F)cn1. The maximum Gasteiger partial charge on any atom is 0.141 e. The molecular weight excluding hydrogens is 243 g/mol. The molecule has 1 aliphatic heterocycles. The lowest BCUT2D eigenvalue weighted by atomic mass is 9.93. The molecule has 0 aliphatic carbocycles. The molecule has 1 saturated heterocycles. The average Bonchev–Trinajstić information content (AvgIpc) is 2.36. The third kappa shape index (κ3) is 3.98. The first kappa shape index (κ1) is 14.4. The van der Waals surface area contributed by atoms with Crippen LogP contribution < -0.4 is 5.32 Å². The molecule has 2 unspecified atom stereocenters. The van der Waals surface area contributed by atoms with Crippen LogP contribution in [0.15, 0.2) is 18.3 Å². The number of halogens is 1. The van der Waals surface area contributed by atoms with Gasteiger partial charge in [-0.2, -0.15) is 0 Å². The van der Waals surface area contributed by atoms with Gasteiger partial charge in [-0.25, -0.2) is 4.39 Å². The molecule has 19 heavy (non-hydrogen) atoms. The van der Waals surface area contributed by atoms with Crippen molar-refractivity contribution in [3.63, 3.8) is 0 Å². The van der Waals surface area contributed by atoms with Crippen molar-refractivity contribution < 1.29 is 9.13 Å². The molecule has 2 rings (SSSR count). The number of pyridine rings is 1. The van der Waals surface area contributed by atoms with Gasteiger partial charge in [-0.15, -0.1) is 0 Å². The summed E-state index contributed by atoms with van der Waals surface area (Å²) in [6.45, 7) is 7.15. The molecular formula is C15H23FN2O. The number of aromatic nitrogens is 1. The zero-order valence-electron chi connectivity index (χ0n) is 11.9. The second-order valence-electron chi connectivity index (χ2n) is 5.83. The topological polar surface area (TPSA) is 34.1 Å². The molecule has 0 aromatic carbocycles. The fraction of sp³-hybridized carbons (Fsp3) is 0.667. The fourth-order valence-corrected chi connectivity index (χ4v) is 2.66. The summed E-state index contributed by atoms with van der Waals surface area (Å²) in [6.07, 6.45) is 4.23. The number of ether oxygens (including phenoxy) is 1. The molecule has 3 nitrogen and oxygen atoms in total. The van der Waals surface area contributed by atoms with Gasteiger partial charge < -0.3 is 10.1 Å². The van der Waals surface area contributed by atoms with Gasteiger partial charge in [-0.05, 0) is 45.2 Å². The van der Waals surface area contributed by atoms with Gasteiger partial charge in [0.25, 0.3) is 0 Å². The van der Waals surface area contributed by atoms with E-state index in [0.29, 0.717) is 6.04 Å². The van der Waals surface area contributed by atoms with Crippen molar-refractivity contribution in [1.82, 2.24) is 10.3 Å². The lowest BCUT2D eigenvalue weighted by molar-refractivity contribution is -0.0643. The largest absolute Gasteiger partial charge is 0.375 e. The van der Waals surface area contributed by atoms with Crippen LogP contribution in [-0.4, -0.2) is 23.2 Å². The van der Waals surface area contributed by atoms with Crippen LogP contribution in [0, 0.1) is 5.82 Å². The minimum absolute atomic E-state index is 0.0650. The highest BCUT2D eigenvalue weighted by Crippen LogP contribution is 2.26. The molecule has 0 radical (unpaired) electrons. The van der Waals surface area contributed by atoms with Crippen molar-refractivity contribution in [1.29, 1.82) is 0 Å². The van der Waals surface area contributed by atoms with E-state index in [4.69, 9.17) is 4.74 Å². The Balaban J connectivity index is 2.01. The summed E-state index contributed by atoms with van der Waals surface area (Å²) < 4.78 is 18.6. The summed E-state index contributed by atoms with van der Waals surface area (Å²) in [5.41, 5.74) is 0.845. The summed E-state index contributed by atoms with van der Waals surface area (Å²) in [5, 5.41) is 3.63. The van der Waals surface area contributed by atoms with E-state index < -0.39 is 0 Å². The Bertz CT molecular complexity index is 405. The number of hydrogen-bond acceptors (Lipinski definition) is 3. The van der Waals surface area contributed by atoms with Gasteiger partial charge in [0.1, 0.15) is 5.82 Å². The molecule has 2 heterocycles. The van der Waals surface area contributed by atoms with Crippen LogP contribution in [0.2, 0.25) is 0 Å². The zero-order valence-corrected chi connectivity index (χ0v) is 11.9. The smallest absolute Gasteiger partial charge is 0.141 e. The summed E-state index contributed by atoms with van der Waals surface area (Å²) in [7, 11) is 0. The monoisotopic (exact) mass is 266 g/mol. The predicted molar refractivity (Wildman–Crippen MR) is 73.4 cm³/mol. The second kappa shape index (κ2) is 5.97. The van der Waals surface area contributed by atoms with Crippen LogP contribution in [0.4, 0.5) is 4.39 Å². The molecule has 1 aromatic rings. The van der Waals surface area contributed by atoms with Crippen molar-refractivity contribution in [3.05, 3.63) is 29.8 Å². The summed E-state index contributed by atoms with van der Waals surface area (Å²) in [6, 6.07) is 3.85. The normalized spacial score (nSPS) is 24.1. The van der Waals surface area contributed by atoms with Crippen LogP contribution >= 0.6 is 0 Å². The van der Waals surface area contributed by atoms with E-state index in [2.05, 4.69) is 31.1 Å². The first-order valence-electron chi connectivity index (χ1n) is 7.01. The van der Waals surface area contributed by atoms with Crippen LogP contribution in [0.3, 0.4) is 0 Å². The molecule has 1 aliphatic rings. The molecule has 0 bridgehead atoms. The van der Waals surface area contributed by atoms with E-state index in [9.17, 15) is 4.39 Å². The molecule has 106 valence electrons. The van der Waals surface area contributed by atoms with Gasteiger partial charge in [0.05, 0.1) is 17.5 Å². The predicted octanol–water partition coefficient (Wildman–Crippen LogP) is 3.22. The number of nitrogens with zero attached hydrogens (tertiary/aromatic N) is 1. The Kier molecular flexibility index (Phi) is 4.53. The van der Waals surface area contributed by atoms with E-state index in [-0.39, 0.29) is 17.5 Å². The second-order valence-corrected chi connectivity index (χ2v) is 5.83. The van der Waals surface area contributed by atoms with Crippen molar-refractivity contribution in [2.75, 3.05) is 6.61 Å². The quantitative estimate of drug-likeness (QED) is 0.908. The standard InChI is InChI=1S/C15H23FN2O/c1-4-13(14-6-5-11(16)10-17-14)18-12-7-8-19-15(2,3)9-12/h5-6,10,12-13,18H,4,7-9H2,1-3H3. The van der Waals surface area contributed by atoms with E-state index in [1.54, 1.807) is 6.07 Å². The van der Waals surface area contributed by atoms with Crippen molar-refractivity contribution in [2.45, 2.75) is 57.7 Å². The van der Waals surface area contributed by atoms with Crippen molar-refractivity contribution >= 4 is 0 Å².